The number of ether oxygens (including phenoxy) is 4. The zero-order valence-corrected chi connectivity index (χ0v) is 15.6. The summed E-state index contributed by atoms with van der Waals surface area (Å²) in [4.78, 5) is 23.2. The van der Waals surface area contributed by atoms with E-state index in [9.17, 15) is 9.59 Å². The van der Waals surface area contributed by atoms with Crippen molar-refractivity contribution in [2.24, 2.45) is 0 Å². The monoisotopic (exact) mass is 362 g/mol. The highest BCUT2D eigenvalue weighted by Crippen LogP contribution is 2.03. The van der Waals surface area contributed by atoms with E-state index in [4.69, 9.17) is 35.6 Å². The van der Waals surface area contributed by atoms with Gasteiger partial charge in [0.15, 0.2) is 5.79 Å². The van der Waals surface area contributed by atoms with Gasteiger partial charge in [0.2, 0.25) is 0 Å². The minimum absolute atomic E-state index is 0.0624. The summed E-state index contributed by atoms with van der Waals surface area (Å²) >= 11 is 0. The molecule has 1 unspecified atom stereocenters. The molecule has 0 saturated carbocycles. The second kappa shape index (κ2) is 14.7. The molecule has 0 saturated heterocycles. The van der Waals surface area contributed by atoms with Crippen molar-refractivity contribution < 1.29 is 38.7 Å². The van der Waals surface area contributed by atoms with E-state index in [0.29, 0.717) is 13.0 Å². The topological polar surface area (TPSA) is 112 Å². The summed E-state index contributed by atoms with van der Waals surface area (Å²) in [5.41, 5.74) is 0. The Bertz CT molecular complexity index is 384. The average molecular weight is 362 g/mol. The van der Waals surface area contributed by atoms with E-state index in [2.05, 4.69) is 5.92 Å². The molecule has 0 heterocycles. The van der Waals surface area contributed by atoms with Gasteiger partial charge in [-0.2, -0.15) is 0 Å². The Balaban J connectivity index is 0. The first-order valence-corrected chi connectivity index (χ1v) is 8.01. The van der Waals surface area contributed by atoms with Crippen LogP contribution in [0.3, 0.4) is 0 Å². The standard InChI is InChI=1S/C14H22O6.C3H8O2/c1-5-8-9-19-11(4)10-20-12(13(15)17-6-2)14(16)18-7-3;1-3(2,4)5/h1,11-12H,6-10H2,2-4H3;4-5H,1-2H3. The lowest BCUT2D eigenvalue weighted by Crippen LogP contribution is -2.38. The normalized spacial score (nSPS) is 11.8. The summed E-state index contributed by atoms with van der Waals surface area (Å²) in [6, 6.07) is 0. The van der Waals surface area contributed by atoms with Crippen LogP contribution < -0.4 is 0 Å². The van der Waals surface area contributed by atoms with E-state index in [-0.39, 0.29) is 25.9 Å². The largest absolute Gasteiger partial charge is 0.464 e. The van der Waals surface area contributed by atoms with E-state index in [1.165, 1.54) is 13.8 Å². The Labute approximate surface area is 149 Å². The van der Waals surface area contributed by atoms with Crippen molar-refractivity contribution in [2.45, 2.75) is 59.0 Å². The summed E-state index contributed by atoms with van der Waals surface area (Å²) in [5.74, 6) is -0.581. The fourth-order valence-corrected chi connectivity index (χ4v) is 1.27. The van der Waals surface area contributed by atoms with Crippen molar-refractivity contribution in [3.63, 3.8) is 0 Å². The summed E-state index contributed by atoms with van der Waals surface area (Å²) in [7, 11) is 0. The molecular formula is C17H30O8. The van der Waals surface area contributed by atoms with Gasteiger partial charge in [0.1, 0.15) is 0 Å². The number of hydrogen-bond acceptors (Lipinski definition) is 8. The number of aliphatic hydroxyl groups is 2. The lowest BCUT2D eigenvalue weighted by atomic mass is 10.3. The minimum atomic E-state index is -1.50. The van der Waals surface area contributed by atoms with Crippen LogP contribution in [0, 0.1) is 12.3 Å². The van der Waals surface area contributed by atoms with Gasteiger partial charge in [-0.15, -0.1) is 12.3 Å². The van der Waals surface area contributed by atoms with Crippen molar-refractivity contribution in [3.05, 3.63) is 0 Å². The molecule has 0 aromatic carbocycles. The maximum Gasteiger partial charge on any atom is 0.347 e. The van der Waals surface area contributed by atoms with Crippen LogP contribution in [0.4, 0.5) is 0 Å². The van der Waals surface area contributed by atoms with Crippen LogP contribution in [0.1, 0.15) is 41.0 Å². The molecule has 0 bridgehead atoms. The van der Waals surface area contributed by atoms with Gasteiger partial charge in [-0.3, -0.25) is 0 Å². The summed E-state index contributed by atoms with van der Waals surface area (Å²) in [6.07, 6.45) is 3.91. The fourth-order valence-electron chi connectivity index (χ4n) is 1.27. The highest BCUT2D eigenvalue weighted by Gasteiger charge is 2.31. The number of esters is 2. The molecule has 2 N–H and O–H groups in total. The molecule has 0 aromatic heterocycles. The SMILES string of the molecule is C#CCCOC(C)COC(C(=O)OCC)C(=O)OCC.CC(C)(O)O. The molecule has 8 heteroatoms. The number of hydrogen-bond donors (Lipinski definition) is 2. The highest BCUT2D eigenvalue weighted by atomic mass is 16.6. The zero-order valence-electron chi connectivity index (χ0n) is 15.6. The maximum atomic E-state index is 11.6. The molecule has 0 radical (unpaired) electrons. The molecule has 8 nitrogen and oxygen atoms in total. The Morgan fingerprint density at radius 2 is 1.52 bits per heavy atom. The van der Waals surface area contributed by atoms with Crippen LogP contribution in [-0.4, -0.2) is 66.6 Å². The Morgan fingerprint density at radius 3 is 1.88 bits per heavy atom. The quantitative estimate of drug-likeness (QED) is 0.191. The maximum absolute atomic E-state index is 11.6. The Morgan fingerprint density at radius 1 is 1.08 bits per heavy atom. The molecule has 146 valence electrons. The third-order valence-electron chi connectivity index (χ3n) is 2.15. The predicted molar refractivity (Wildman–Crippen MR) is 90.4 cm³/mol. The third kappa shape index (κ3) is 18.5. The van der Waals surface area contributed by atoms with Crippen LogP contribution >= 0.6 is 0 Å². The predicted octanol–water partition coefficient (Wildman–Crippen LogP) is 0.633. The molecule has 0 amide bonds. The minimum Gasteiger partial charge on any atom is -0.464 e. The van der Waals surface area contributed by atoms with E-state index in [1.54, 1.807) is 20.8 Å². The van der Waals surface area contributed by atoms with Crippen molar-refractivity contribution in [1.82, 2.24) is 0 Å². The van der Waals surface area contributed by atoms with E-state index >= 15 is 0 Å². The van der Waals surface area contributed by atoms with Gasteiger partial charge < -0.3 is 29.2 Å². The zero-order chi connectivity index (χ0) is 19.9. The molecule has 1 atom stereocenters. The number of terminal acetylenes is 1. The van der Waals surface area contributed by atoms with Gasteiger partial charge in [-0.25, -0.2) is 9.59 Å². The molecule has 0 rings (SSSR count). The molecule has 0 aliphatic carbocycles. The molecule has 0 fully saturated rings. The second-order valence-corrected chi connectivity index (χ2v) is 5.35. The van der Waals surface area contributed by atoms with Crippen molar-refractivity contribution in [2.75, 3.05) is 26.4 Å². The molecule has 0 spiro atoms. The Hall–Kier alpha value is -1.66. The number of rotatable bonds is 10. The van der Waals surface area contributed by atoms with Gasteiger partial charge in [0.05, 0.1) is 32.5 Å². The lowest BCUT2D eigenvalue weighted by molar-refractivity contribution is -0.175. The van der Waals surface area contributed by atoms with Crippen LogP contribution in [-0.2, 0) is 28.5 Å². The van der Waals surface area contributed by atoms with Crippen molar-refractivity contribution in [3.8, 4) is 12.3 Å². The van der Waals surface area contributed by atoms with Gasteiger partial charge in [-0.1, -0.05) is 0 Å². The summed E-state index contributed by atoms with van der Waals surface area (Å²) in [6.45, 7) is 8.41. The molecular weight excluding hydrogens is 332 g/mol. The Kier molecular flexibility index (Phi) is 15.0. The first-order valence-electron chi connectivity index (χ1n) is 8.01. The van der Waals surface area contributed by atoms with Gasteiger partial charge >= 0.3 is 11.9 Å². The second-order valence-electron chi connectivity index (χ2n) is 5.35. The lowest BCUT2D eigenvalue weighted by Gasteiger charge is -2.18. The number of carbonyl (C=O) groups is 2. The molecule has 0 aliphatic heterocycles. The fraction of sp³-hybridized carbons (Fsp3) is 0.765. The third-order valence-corrected chi connectivity index (χ3v) is 2.15. The van der Waals surface area contributed by atoms with E-state index in [1.807, 2.05) is 0 Å². The molecule has 0 aromatic rings. The van der Waals surface area contributed by atoms with Crippen molar-refractivity contribution >= 4 is 11.9 Å². The molecule has 0 aliphatic rings. The van der Waals surface area contributed by atoms with E-state index in [0.717, 1.165) is 0 Å². The average Bonchev–Trinajstić information content (AvgIpc) is 2.46. The number of carbonyl (C=O) groups excluding carboxylic acids is 2. The van der Waals surface area contributed by atoms with Crippen LogP contribution in [0.2, 0.25) is 0 Å². The first kappa shape index (κ1) is 25.6. The highest BCUT2D eigenvalue weighted by molar-refractivity contribution is 5.98. The van der Waals surface area contributed by atoms with Gasteiger partial charge in [0.25, 0.3) is 6.10 Å². The van der Waals surface area contributed by atoms with Gasteiger partial charge in [-0.05, 0) is 34.6 Å². The van der Waals surface area contributed by atoms with Crippen LogP contribution in [0.15, 0.2) is 0 Å². The summed E-state index contributed by atoms with van der Waals surface area (Å²) < 4.78 is 20.1. The van der Waals surface area contributed by atoms with Crippen LogP contribution in [0.25, 0.3) is 0 Å². The smallest absolute Gasteiger partial charge is 0.347 e. The van der Waals surface area contributed by atoms with Gasteiger partial charge in [0, 0.05) is 6.42 Å². The first-order chi connectivity index (χ1) is 11.6. The summed E-state index contributed by atoms with van der Waals surface area (Å²) in [5, 5.41) is 16.2. The van der Waals surface area contributed by atoms with E-state index < -0.39 is 23.8 Å². The van der Waals surface area contributed by atoms with Crippen molar-refractivity contribution in [1.29, 1.82) is 0 Å². The van der Waals surface area contributed by atoms with Crippen LogP contribution in [0.5, 0.6) is 0 Å². The molecule has 25 heavy (non-hydrogen) atoms.